The van der Waals surface area contributed by atoms with Gasteiger partial charge >= 0.3 is 5.97 Å². The van der Waals surface area contributed by atoms with Crippen molar-refractivity contribution in [3.63, 3.8) is 0 Å². The second-order valence-corrected chi connectivity index (χ2v) is 9.83. The number of hydrogen-bond acceptors (Lipinski definition) is 5. The van der Waals surface area contributed by atoms with Gasteiger partial charge in [-0.05, 0) is 43.5 Å². The molecule has 0 aliphatic carbocycles. The molecule has 1 aliphatic rings. The average Bonchev–Trinajstić information content (AvgIpc) is 2.77. The Balaban J connectivity index is 2.30. The van der Waals surface area contributed by atoms with E-state index in [1.807, 2.05) is 6.92 Å². The summed E-state index contributed by atoms with van der Waals surface area (Å²) < 4.78 is 35.1. The van der Waals surface area contributed by atoms with Crippen LogP contribution >= 0.6 is 0 Å². The standard InChI is InChI=1S/C24H32N2O5S/c1-4-7-13-25(14-8-5-2)21-15-18(24(27)28)16-22-23(21)31-20-11-9-10-19(17-20)26(12-6-3)32(22,29)30/h9-11,15-17H,4-8,12-14H2,1-3H3,(H,27,28). The Hall–Kier alpha value is -2.74. The highest BCUT2D eigenvalue weighted by atomic mass is 32.2. The van der Waals surface area contributed by atoms with Crippen molar-refractivity contribution in [2.24, 2.45) is 0 Å². The first-order valence-electron chi connectivity index (χ1n) is 11.3. The molecule has 174 valence electrons. The van der Waals surface area contributed by atoms with Gasteiger partial charge in [-0.3, -0.25) is 4.31 Å². The lowest BCUT2D eigenvalue weighted by molar-refractivity contribution is 0.0696. The molecule has 0 atom stereocenters. The maximum Gasteiger partial charge on any atom is 0.335 e. The molecule has 0 aromatic heterocycles. The van der Waals surface area contributed by atoms with Gasteiger partial charge in [-0.2, -0.15) is 0 Å². The molecule has 7 nitrogen and oxygen atoms in total. The molecule has 1 N–H and O–H groups in total. The minimum absolute atomic E-state index is 0.0652. The third-order valence-electron chi connectivity index (χ3n) is 5.51. The molecular weight excluding hydrogens is 428 g/mol. The fraction of sp³-hybridized carbons (Fsp3) is 0.458. The highest BCUT2D eigenvalue weighted by molar-refractivity contribution is 7.93. The maximum absolute atomic E-state index is 13.8. The Morgan fingerprint density at radius 2 is 1.72 bits per heavy atom. The summed E-state index contributed by atoms with van der Waals surface area (Å²) >= 11 is 0. The summed E-state index contributed by atoms with van der Waals surface area (Å²) in [4.78, 5) is 13.9. The summed E-state index contributed by atoms with van der Waals surface area (Å²) in [7, 11) is -4.04. The van der Waals surface area contributed by atoms with E-state index in [-0.39, 0.29) is 22.8 Å². The van der Waals surface area contributed by atoms with Crippen LogP contribution in [0.1, 0.15) is 63.2 Å². The van der Waals surface area contributed by atoms with Gasteiger partial charge in [-0.25, -0.2) is 13.2 Å². The number of carboxylic acids is 1. The highest BCUT2D eigenvalue weighted by Gasteiger charge is 2.34. The van der Waals surface area contributed by atoms with Crippen molar-refractivity contribution < 1.29 is 23.1 Å². The zero-order valence-electron chi connectivity index (χ0n) is 19.0. The molecule has 1 aliphatic heterocycles. The van der Waals surface area contributed by atoms with E-state index in [9.17, 15) is 18.3 Å². The summed E-state index contributed by atoms with van der Waals surface area (Å²) in [6, 6.07) is 9.76. The van der Waals surface area contributed by atoms with Gasteiger partial charge < -0.3 is 14.7 Å². The average molecular weight is 461 g/mol. The second kappa shape index (κ2) is 10.3. The van der Waals surface area contributed by atoms with Crippen LogP contribution in [-0.4, -0.2) is 39.1 Å². The zero-order chi connectivity index (χ0) is 23.3. The number of nitrogens with zero attached hydrogens (tertiary/aromatic N) is 2. The summed E-state index contributed by atoms with van der Waals surface area (Å²) in [6.07, 6.45) is 4.36. The number of fused-ring (bicyclic) bond motifs is 3. The molecule has 2 bridgehead atoms. The van der Waals surface area contributed by atoms with E-state index < -0.39 is 16.0 Å². The smallest absolute Gasteiger partial charge is 0.335 e. The lowest BCUT2D eigenvalue weighted by atomic mass is 10.1. The number of carboxylic acid groups (broad SMARTS) is 1. The molecule has 0 saturated carbocycles. The first-order valence-corrected chi connectivity index (χ1v) is 12.7. The van der Waals surface area contributed by atoms with Crippen LogP contribution in [0.3, 0.4) is 0 Å². The van der Waals surface area contributed by atoms with E-state index >= 15 is 0 Å². The summed E-state index contributed by atoms with van der Waals surface area (Å²) in [5, 5.41) is 9.77. The Labute approximate surface area is 190 Å². The third-order valence-corrected chi connectivity index (χ3v) is 7.34. The Kier molecular flexibility index (Phi) is 7.66. The van der Waals surface area contributed by atoms with Gasteiger partial charge in [-0.15, -0.1) is 0 Å². The van der Waals surface area contributed by atoms with Crippen LogP contribution in [0, 0.1) is 0 Å². The zero-order valence-corrected chi connectivity index (χ0v) is 19.8. The van der Waals surface area contributed by atoms with Gasteiger partial charge in [0.1, 0.15) is 10.6 Å². The minimum atomic E-state index is -4.04. The molecule has 2 aromatic carbocycles. The lowest BCUT2D eigenvalue weighted by Crippen LogP contribution is -2.34. The normalized spacial score (nSPS) is 14.2. The predicted octanol–water partition coefficient (Wildman–Crippen LogP) is 5.50. The van der Waals surface area contributed by atoms with Crippen molar-refractivity contribution in [1.82, 2.24) is 0 Å². The van der Waals surface area contributed by atoms with E-state index in [2.05, 4.69) is 18.7 Å². The SMILES string of the molecule is CCCCN(CCCC)c1cc(C(=O)O)cc2c1Oc1cccc(c1)N(CCC)S2(=O)=O. The van der Waals surface area contributed by atoms with Gasteiger partial charge in [0.15, 0.2) is 5.75 Å². The molecule has 32 heavy (non-hydrogen) atoms. The van der Waals surface area contributed by atoms with E-state index in [0.29, 0.717) is 36.6 Å². The van der Waals surface area contributed by atoms with Crippen LogP contribution in [0.4, 0.5) is 11.4 Å². The van der Waals surface area contributed by atoms with Crippen molar-refractivity contribution in [2.75, 3.05) is 28.8 Å². The number of benzene rings is 2. The van der Waals surface area contributed by atoms with E-state index in [4.69, 9.17) is 4.74 Å². The minimum Gasteiger partial charge on any atom is -0.478 e. The first-order chi connectivity index (χ1) is 15.3. The molecule has 0 saturated heterocycles. The van der Waals surface area contributed by atoms with Crippen molar-refractivity contribution in [3.05, 3.63) is 42.0 Å². The molecule has 0 amide bonds. The summed E-state index contributed by atoms with van der Waals surface area (Å²) in [5.41, 5.74) is 0.949. The van der Waals surface area contributed by atoms with Gasteiger partial charge in [0.2, 0.25) is 0 Å². The van der Waals surface area contributed by atoms with Crippen LogP contribution in [-0.2, 0) is 10.0 Å². The predicted molar refractivity (Wildman–Crippen MR) is 127 cm³/mol. The lowest BCUT2D eigenvalue weighted by Gasteiger charge is -2.32. The van der Waals surface area contributed by atoms with Crippen LogP contribution in [0.5, 0.6) is 11.5 Å². The summed E-state index contributed by atoms with van der Waals surface area (Å²) in [5.74, 6) is -0.451. The van der Waals surface area contributed by atoms with Crippen molar-refractivity contribution in [2.45, 2.75) is 57.8 Å². The fourth-order valence-electron chi connectivity index (χ4n) is 3.82. The second-order valence-electron chi connectivity index (χ2n) is 8.00. The Morgan fingerprint density at radius 1 is 1.03 bits per heavy atom. The molecule has 0 spiro atoms. The van der Waals surface area contributed by atoms with Crippen molar-refractivity contribution >= 4 is 27.4 Å². The molecule has 8 heteroatoms. The Morgan fingerprint density at radius 3 is 2.31 bits per heavy atom. The number of sulfonamides is 1. The van der Waals surface area contributed by atoms with Gasteiger partial charge in [0.05, 0.1) is 16.9 Å². The molecule has 1 heterocycles. The van der Waals surface area contributed by atoms with Crippen LogP contribution in [0.15, 0.2) is 41.3 Å². The fourth-order valence-corrected chi connectivity index (χ4v) is 5.53. The highest BCUT2D eigenvalue weighted by Crippen LogP contribution is 2.44. The van der Waals surface area contributed by atoms with Crippen molar-refractivity contribution in [3.8, 4) is 11.5 Å². The monoisotopic (exact) mass is 460 g/mol. The molecule has 0 radical (unpaired) electrons. The van der Waals surface area contributed by atoms with Gasteiger partial charge in [-0.1, -0.05) is 39.7 Å². The van der Waals surface area contributed by atoms with Crippen LogP contribution < -0.4 is 13.9 Å². The largest absolute Gasteiger partial charge is 0.478 e. The first kappa shape index (κ1) is 23.9. The van der Waals surface area contributed by atoms with Crippen molar-refractivity contribution in [1.29, 1.82) is 0 Å². The number of hydrogen-bond donors (Lipinski definition) is 1. The van der Waals surface area contributed by atoms with E-state index in [1.54, 1.807) is 24.3 Å². The van der Waals surface area contributed by atoms with Crippen LogP contribution in [0.2, 0.25) is 0 Å². The van der Waals surface area contributed by atoms with Gasteiger partial charge in [0, 0.05) is 25.7 Å². The number of anilines is 2. The summed E-state index contributed by atoms with van der Waals surface area (Å²) in [6.45, 7) is 7.75. The molecule has 0 fully saturated rings. The number of carbonyl (C=O) groups is 1. The number of unbranched alkanes of at least 4 members (excludes halogenated alkanes) is 2. The molecule has 2 aromatic rings. The molecular formula is C24H32N2O5S. The maximum atomic E-state index is 13.8. The third kappa shape index (κ3) is 4.85. The quantitative estimate of drug-likeness (QED) is 0.504. The topological polar surface area (TPSA) is 87.2 Å². The number of rotatable bonds is 10. The number of aromatic carboxylic acids is 1. The Bertz CT molecular complexity index is 1060. The number of ether oxygens (including phenoxy) is 1. The van der Waals surface area contributed by atoms with E-state index in [1.165, 1.54) is 16.4 Å². The van der Waals surface area contributed by atoms with E-state index in [0.717, 1.165) is 25.7 Å². The molecule has 0 unspecified atom stereocenters. The molecule has 3 rings (SSSR count). The van der Waals surface area contributed by atoms with Gasteiger partial charge in [0.25, 0.3) is 10.0 Å². The van der Waals surface area contributed by atoms with Crippen LogP contribution in [0.25, 0.3) is 0 Å².